The van der Waals surface area contributed by atoms with Crippen molar-refractivity contribution < 1.29 is 17.9 Å². The molecule has 0 saturated carbocycles. The van der Waals surface area contributed by atoms with Crippen LogP contribution >= 0.6 is 33.9 Å². The Balaban J connectivity index is 1.39. The van der Waals surface area contributed by atoms with Gasteiger partial charge < -0.3 is 4.74 Å². The van der Waals surface area contributed by atoms with Crippen molar-refractivity contribution in [2.45, 2.75) is 38.3 Å². The van der Waals surface area contributed by atoms with E-state index in [1.54, 1.807) is 0 Å². The van der Waals surface area contributed by atoms with Crippen LogP contribution in [0.5, 0.6) is 5.75 Å². The van der Waals surface area contributed by atoms with Gasteiger partial charge in [-0.05, 0) is 61.1 Å². The number of fused-ring (bicyclic) bond motifs is 1. The Morgan fingerprint density at radius 2 is 1.93 bits per heavy atom. The van der Waals surface area contributed by atoms with Gasteiger partial charge in [0.25, 0.3) is 0 Å². The molecule has 1 heterocycles. The predicted octanol–water partition coefficient (Wildman–Crippen LogP) is 7.22. The fourth-order valence-corrected chi connectivity index (χ4v) is 5.66. The number of thiazole rings is 1. The van der Waals surface area contributed by atoms with Crippen LogP contribution in [0.2, 0.25) is 0 Å². The van der Waals surface area contributed by atoms with E-state index >= 15 is 0 Å². The molecule has 30 heavy (non-hydrogen) atoms. The number of alkyl halides is 4. The minimum atomic E-state index is -4.32. The normalized spacial score (nSPS) is 16.0. The van der Waals surface area contributed by atoms with Crippen molar-refractivity contribution in [2.75, 3.05) is 11.0 Å². The van der Waals surface area contributed by atoms with Gasteiger partial charge in [0.2, 0.25) is 0 Å². The van der Waals surface area contributed by atoms with Crippen molar-refractivity contribution in [3.63, 3.8) is 0 Å². The summed E-state index contributed by atoms with van der Waals surface area (Å²) in [5, 5.41) is 0.735. The second kappa shape index (κ2) is 8.86. The fourth-order valence-electron chi connectivity index (χ4n) is 3.78. The molecule has 1 aliphatic rings. The summed E-state index contributed by atoms with van der Waals surface area (Å²) < 4.78 is 45.4. The van der Waals surface area contributed by atoms with Gasteiger partial charge >= 0.3 is 6.18 Å². The SMILES string of the molecule is Cc1sc(-c2ccc(C(F)(F)F)cc2)nc1CCOc1ccc2c(c1)CC[C@H]2CI. The van der Waals surface area contributed by atoms with Crippen LogP contribution in [-0.4, -0.2) is 16.0 Å². The van der Waals surface area contributed by atoms with E-state index < -0.39 is 11.7 Å². The first kappa shape index (κ1) is 21.6. The lowest BCUT2D eigenvalue weighted by Crippen LogP contribution is -2.04. The molecule has 0 N–H and O–H groups in total. The Morgan fingerprint density at radius 3 is 2.63 bits per heavy atom. The van der Waals surface area contributed by atoms with Crippen molar-refractivity contribution in [3.05, 3.63) is 69.7 Å². The van der Waals surface area contributed by atoms with Gasteiger partial charge in [-0.15, -0.1) is 11.3 Å². The number of benzene rings is 2. The van der Waals surface area contributed by atoms with E-state index in [0.29, 0.717) is 24.5 Å². The first-order chi connectivity index (χ1) is 14.3. The molecule has 1 atom stereocenters. The summed E-state index contributed by atoms with van der Waals surface area (Å²) in [6.07, 6.45) is -1.33. The van der Waals surface area contributed by atoms with Crippen LogP contribution in [0.25, 0.3) is 10.6 Å². The van der Waals surface area contributed by atoms with E-state index in [9.17, 15) is 13.2 Å². The molecule has 0 fully saturated rings. The maximum absolute atomic E-state index is 12.8. The van der Waals surface area contributed by atoms with E-state index in [-0.39, 0.29) is 0 Å². The van der Waals surface area contributed by atoms with Crippen LogP contribution in [-0.2, 0) is 19.0 Å². The zero-order valence-electron chi connectivity index (χ0n) is 16.4. The maximum Gasteiger partial charge on any atom is 0.416 e. The van der Waals surface area contributed by atoms with Gasteiger partial charge in [-0.2, -0.15) is 13.2 Å². The molecule has 0 unspecified atom stereocenters. The minimum absolute atomic E-state index is 0.519. The van der Waals surface area contributed by atoms with E-state index in [1.807, 2.05) is 13.0 Å². The largest absolute Gasteiger partial charge is 0.493 e. The van der Waals surface area contributed by atoms with Crippen molar-refractivity contribution in [1.82, 2.24) is 4.98 Å². The average molecular weight is 543 g/mol. The third-order valence-electron chi connectivity index (χ3n) is 5.46. The molecule has 1 aromatic heterocycles. The Kier molecular flexibility index (Phi) is 6.39. The molecular weight excluding hydrogens is 522 g/mol. The first-order valence-electron chi connectivity index (χ1n) is 9.80. The molecule has 7 heteroatoms. The van der Waals surface area contributed by atoms with Gasteiger partial charge in [-0.1, -0.05) is 40.8 Å². The summed E-state index contributed by atoms with van der Waals surface area (Å²) in [5.41, 5.74) is 3.83. The number of aromatic nitrogens is 1. The van der Waals surface area contributed by atoms with E-state index in [1.165, 1.54) is 41.0 Å². The lowest BCUT2D eigenvalue weighted by atomic mass is 10.0. The molecule has 2 nitrogen and oxygen atoms in total. The summed E-state index contributed by atoms with van der Waals surface area (Å²) in [7, 11) is 0. The van der Waals surface area contributed by atoms with Crippen molar-refractivity contribution >= 4 is 33.9 Å². The van der Waals surface area contributed by atoms with Crippen molar-refractivity contribution in [3.8, 4) is 16.3 Å². The van der Waals surface area contributed by atoms with E-state index in [4.69, 9.17) is 4.74 Å². The third kappa shape index (κ3) is 4.66. The Hall–Kier alpha value is -1.61. The highest BCUT2D eigenvalue weighted by Crippen LogP contribution is 2.36. The third-order valence-corrected chi connectivity index (χ3v) is 7.59. The number of hydrogen-bond donors (Lipinski definition) is 0. The van der Waals surface area contributed by atoms with Gasteiger partial charge in [0.15, 0.2) is 0 Å². The fraction of sp³-hybridized carbons (Fsp3) is 0.348. The highest BCUT2D eigenvalue weighted by molar-refractivity contribution is 14.1. The molecule has 0 saturated heterocycles. The molecule has 0 amide bonds. The number of aryl methyl sites for hydroxylation is 2. The van der Waals surface area contributed by atoms with Crippen molar-refractivity contribution in [1.29, 1.82) is 0 Å². The molecule has 0 radical (unpaired) electrons. The van der Waals surface area contributed by atoms with Gasteiger partial charge in [0.05, 0.1) is 17.9 Å². The Morgan fingerprint density at radius 1 is 1.17 bits per heavy atom. The number of ether oxygens (including phenoxy) is 1. The highest BCUT2D eigenvalue weighted by Gasteiger charge is 2.30. The zero-order valence-corrected chi connectivity index (χ0v) is 19.4. The van der Waals surface area contributed by atoms with Gasteiger partial charge in [-0.3, -0.25) is 0 Å². The van der Waals surface area contributed by atoms with Crippen LogP contribution < -0.4 is 4.74 Å². The molecule has 2 aromatic carbocycles. The smallest absolute Gasteiger partial charge is 0.416 e. The first-order valence-corrected chi connectivity index (χ1v) is 12.1. The highest BCUT2D eigenvalue weighted by atomic mass is 127. The standard InChI is InChI=1S/C23H21F3INOS/c1-14-21(28-22(30-14)15-4-6-18(7-5-15)23(24,25)26)10-11-29-19-8-9-20-16(12-19)2-3-17(20)13-27/h4-9,12,17H,2-3,10-11,13H2,1H3/t17-/m0/s1. The summed E-state index contributed by atoms with van der Waals surface area (Å²) in [6, 6.07) is 11.6. The maximum atomic E-state index is 12.8. The number of rotatable bonds is 6. The lowest BCUT2D eigenvalue weighted by molar-refractivity contribution is -0.137. The second-order valence-corrected chi connectivity index (χ2v) is 9.53. The molecule has 0 spiro atoms. The number of nitrogens with zero attached hydrogens (tertiary/aromatic N) is 1. The van der Waals surface area contributed by atoms with Crippen LogP contribution in [0.15, 0.2) is 42.5 Å². The molecule has 0 bridgehead atoms. The summed E-state index contributed by atoms with van der Waals surface area (Å²) >= 11 is 3.95. The van der Waals surface area contributed by atoms with Crippen molar-refractivity contribution in [2.24, 2.45) is 0 Å². The molecular formula is C23H21F3INOS. The predicted molar refractivity (Wildman–Crippen MR) is 123 cm³/mol. The van der Waals surface area contributed by atoms with E-state index in [2.05, 4.69) is 39.7 Å². The van der Waals surface area contributed by atoms with Crippen LogP contribution in [0.1, 0.15) is 39.6 Å². The quantitative estimate of drug-likeness (QED) is 0.242. The summed E-state index contributed by atoms with van der Waals surface area (Å²) in [5.74, 6) is 1.55. The average Bonchev–Trinajstić information content (AvgIpc) is 3.30. The monoisotopic (exact) mass is 543 g/mol. The molecule has 4 rings (SSSR count). The summed E-state index contributed by atoms with van der Waals surface area (Å²) in [6.45, 7) is 2.51. The zero-order chi connectivity index (χ0) is 21.3. The van der Waals surface area contributed by atoms with E-state index in [0.717, 1.165) is 44.3 Å². The molecule has 3 aromatic rings. The topological polar surface area (TPSA) is 22.1 Å². The van der Waals surface area contributed by atoms with Crippen LogP contribution in [0.3, 0.4) is 0 Å². The summed E-state index contributed by atoms with van der Waals surface area (Å²) in [4.78, 5) is 5.70. The lowest BCUT2D eigenvalue weighted by Gasteiger charge is -2.10. The second-order valence-electron chi connectivity index (χ2n) is 7.45. The molecule has 0 aliphatic heterocycles. The van der Waals surface area contributed by atoms with Gasteiger partial charge in [-0.25, -0.2) is 4.98 Å². The Labute approximate surface area is 191 Å². The van der Waals surface area contributed by atoms with Crippen LogP contribution in [0, 0.1) is 6.92 Å². The van der Waals surface area contributed by atoms with Crippen LogP contribution in [0.4, 0.5) is 13.2 Å². The molecule has 1 aliphatic carbocycles. The Bertz CT molecular complexity index is 1030. The number of halogens is 4. The molecule has 158 valence electrons. The van der Waals surface area contributed by atoms with Gasteiger partial charge in [0, 0.05) is 21.3 Å². The van der Waals surface area contributed by atoms with Gasteiger partial charge in [0.1, 0.15) is 10.8 Å². The minimum Gasteiger partial charge on any atom is -0.493 e. The number of hydrogen-bond acceptors (Lipinski definition) is 3.